The summed E-state index contributed by atoms with van der Waals surface area (Å²) in [6.07, 6.45) is 1.17. The van der Waals surface area contributed by atoms with E-state index in [0.29, 0.717) is 19.8 Å². The smallest absolute Gasteiger partial charge is 0.129 e. The summed E-state index contributed by atoms with van der Waals surface area (Å²) in [6.45, 7) is 6.58. The fourth-order valence-electron chi connectivity index (χ4n) is 3.71. The first kappa shape index (κ1) is 20.7. The highest BCUT2D eigenvalue weighted by Gasteiger charge is 2.26. The van der Waals surface area contributed by atoms with E-state index in [1.807, 2.05) is 24.3 Å². The topological polar surface area (TPSA) is 69.9 Å². The van der Waals surface area contributed by atoms with Gasteiger partial charge in [-0.05, 0) is 30.3 Å². The van der Waals surface area contributed by atoms with Crippen LogP contribution in [0.4, 0.5) is 0 Å². The van der Waals surface area contributed by atoms with Gasteiger partial charge in [0, 0.05) is 0 Å². The molecule has 7 nitrogen and oxygen atoms in total. The Morgan fingerprint density at radius 2 is 1.86 bits per heavy atom. The van der Waals surface area contributed by atoms with Gasteiger partial charge in [-0.15, -0.1) is 0 Å². The molecule has 7 heteroatoms. The minimum absolute atomic E-state index is 0.335. The highest BCUT2D eigenvalue weighted by atomic mass is 16.5. The molecule has 1 aliphatic rings. The van der Waals surface area contributed by atoms with E-state index in [-0.39, 0.29) is 0 Å². The first-order valence-corrected chi connectivity index (χ1v) is 9.84. The summed E-state index contributed by atoms with van der Waals surface area (Å²) in [4.78, 5) is 2.95. The number of aliphatic hydroxyl groups is 1. The van der Waals surface area contributed by atoms with E-state index in [1.165, 1.54) is 15.4 Å². The van der Waals surface area contributed by atoms with Gasteiger partial charge in [-0.3, -0.25) is 0 Å². The first-order valence-electron chi connectivity index (χ1n) is 9.84. The zero-order chi connectivity index (χ0) is 19.8. The van der Waals surface area contributed by atoms with Gasteiger partial charge in [0.05, 0.1) is 32.7 Å². The van der Waals surface area contributed by atoms with Gasteiger partial charge in [-0.25, -0.2) is 0 Å². The molecule has 154 valence electrons. The monoisotopic (exact) mass is 392 g/mol. The summed E-state index contributed by atoms with van der Waals surface area (Å²) in [6, 6.07) is 9.66. The van der Waals surface area contributed by atoms with E-state index < -0.39 is 6.10 Å². The molecule has 0 aliphatic carbocycles. The molecule has 2 aromatic rings. The lowest BCUT2D eigenvalue weighted by atomic mass is 10.1. The van der Waals surface area contributed by atoms with Gasteiger partial charge >= 0.3 is 0 Å². The van der Waals surface area contributed by atoms with Crippen LogP contribution in [0, 0.1) is 0 Å². The number of rotatable bonds is 10. The van der Waals surface area contributed by atoms with Crippen molar-refractivity contribution < 1.29 is 33.5 Å². The Morgan fingerprint density at radius 1 is 1.07 bits per heavy atom. The van der Waals surface area contributed by atoms with Crippen LogP contribution in [0.3, 0.4) is 0 Å². The zero-order valence-corrected chi connectivity index (χ0v) is 16.8. The molecule has 0 unspecified atom stereocenters. The lowest BCUT2D eigenvalue weighted by Gasteiger charge is -2.31. The summed E-state index contributed by atoms with van der Waals surface area (Å²) in [5.74, 6) is 2.55. The van der Waals surface area contributed by atoms with Crippen LogP contribution in [0.2, 0.25) is 0 Å². The highest BCUT2D eigenvalue weighted by molar-refractivity contribution is 5.39. The lowest BCUT2D eigenvalue weighted by Crippen LogP contribution is -3.28. The fourth-order valence-corrected chi connectivity index (χ4v) is 3.71. The molecule has 3 N–H and O–H groups in total. The van der Waals surface area contributed by atoms with Gasteiger partial charge in [0.25, 0.3) is 0 Å². The van der Waals surface area contributed by atoms with Crippen molar-refractivity contribution in [2.75, 3.05) is 53.6 Å². The molecule has 2 heterocycles. The van der Waals surface area contributed by atoms with Gasteiger partial charge < -0.3 is 33.5 Å². The third-order valence-electron chi connectivity index (χ3n) is 5.25. The molecule has 28 heavy (non-hydrogen) atoms. The van der Waals surface area contributed by atoms with Crippen molar-refractivity contribution in [2.45, 2.75) is 19.3 Å². The minimum Gasteiger partial charge on any atom is -0.497 e. The summed E-state index contributed by atoms with van der Waals surface area (Å²) < 4.78 is 21.6. The SMILES string of the molecule is COc1ccc(OC)c(C[NH+]2CC[NH+](C[C@H](O)COCc3ccco3)CC2)c1. The average Bonchev–Trinajstić information content (AvgIpc) is 3.23. The van der Waals surface area contributed by atoms with E-state index in [4.69, 9.17) is 18.6 Å². The van der Waals surface area contributed by atoms with Crippen LogP contribution >= 0.6 is 0 Å². The second kappa shape index (κ2) is 10.5. The number of piperazine rings is 1. The number of quaternary nitrogens is 2. The molecule has 1 fully saturated rings. The summed E-state index contributed by atoms with van der Waals surface area (Å²) in [5, 5.41) is 10.2. The van der Waals surface area contributed by atoms with Crippen LogP contribution in [0.15, 0.2) is 41.0 Å². The molecule has 1 aliphatic heterocycles. The molecule has 1 aromatic carbocycles. The molecule has 1 saturated heterocycles. The molecule has 1 atom stereocenters. The number of aliphatic hydroxyl groups excluding tert-OH is 1. The summed E-state index contributed by atoms with van der Waals surface area (Å²) >= 11 is 0. The number of ether oxygens (including phenoxy) is 3. The third-order valence-corrected chi connectivity index (χ3v) is 5.25. The number of methoxy groups -OCH3 is 2. The molecule has 3 rings (SSSR count). The Morgan fingerprint density at radius 3 is 2.54 bits per heavy atom. The van der Waals surface area contributed by atoms with Crippen LogP contribution in [0.25, 0.3) is 0 Å². The molecular formula is C21H32N2O5+2. The first-order chi connectivity index (χ1) is 13.7. The van der Waals surface area contributed by atoms with Crippen LogP contribution in [-0.4, -0.2) is 64.8 Å². The Hall–Kier alpha value is -2.06. The highest BCUT2D eigenvalue weighted by Crippen LogP contribution is 2.23. The van der Waals surface area contributed by atoms with Crippen LogP contribution in [0.5, 0.6) is 11.5 Å². The molecule has 0 saturated carbocycles. The van der Waals surface area contributed by atoms with Crippen LogP contribution in [0.1, 0.15) is 11.3 Å². The predicted molar refractivity (Wildman–Crippen MR) is 104 cm³/mol. The Kier molecular flexibility index (Phi) is 7.73. The number of benzene rings is 1. The Labute approximate surface area is 166 Å². The fraction of sp³-hybridized carbons (Fsp3) is 0.524. The van der Waals surface area contributed by atoms with Crippen molar-refractivity contribution in [1.29, 1.82) is 0 Å². The molecule has 0 bridgehead atoms. The van der Waals surface area contributed by atoms with Crippen LogP contribution < -0.4 is 19.3 Å². The zero-order valence-electron chi connectivity index (χ0n) is 16.8. The average molecular weight is 392 g/mol. The number of hydrogen-bond donors (Lipinski definition) is 3. The molecule has 1 aromatic heterocycles. The Balaban J connectivity index is 1.39. The number of hydrogen-bond acceptors (Lipinski definition) is 5. The summed E-state index contributed by atoms with van der Waals surface area (Å²) in [7, 11) is 3.39. The molecule has 0 amide bonds. The van der Waals surface area contributed by atoms with E-state index >= 15 is 0 Å². The molecular weight excluding hydrogens is 360 g/mol. The van der Waals surface area contributed by atoms with Gasteiger partial charge in [0.1, 0.15) is 69.2 Å². The van der Waals surface area contributed by atoms with Gasteiger partial charge in [-0.1, -0.05) is 0 Å². The van der Waals surface area contributed by atoms with Gasteiger partial charge in [0.2, 0.25) is 0 Å². The number of furan rings is 1. The van der Waals surface area contributed by atoms with Crippen LogP contribution in [-0.2, 0) is 17.9 Å². The number of nitrogens with one attached hydrogen (secondary N) is 2. The van der Waals surface area contributed by atoms with Gasteiger partial charge in [-0.2, -0.15) is 0 Å². The quantitative estimate of drug-likeness (QED) is 0.492. The van der Waals surface area contributed by atoms with E-state index in [9.17, 15) is 5.11 Å². The van der Waals surface area contributed by atoms with Gasteiger partial charge in [0.15, 0.2) is 0 Å². The lowest BCUT2D eigenvalue weighted by molar-refractivity contribution is -1.02. The summed E-state index contributed by atoms with van der Waals surface area (Å²) in [5.41, 5.74) is 1.17. The maximum absolute atomic E-state index is 10.2. The second-order valence-corrected chi connectivity index (χ2v) is 7.31. The van der Waals surface area contributed by atoms with Crippen molar-refractivity contribution in [2.24, 2.45) is 0 Å². The van der Waals surface area contributed by atoms with E-state index in [0.717, 1.165) is 50.0 Å². The maximum atomic E-state index is 10.2. The van der Waals surface area contributed by atoms with Crippen molar-refractivity contribution in [3.63, 3.8) is 0 Å². The second-order valence-electron chi connectivity index (χ2n) is 7.31. The molecule has 0 radical (unpaired) electrons. The van der Waals surface area contributed by atoms with Crippen molar-refractivity contribution in [1.82, 2.24) is 0 Å². The largest absolute Gasteiger partial charge is 0.497 e. The van der Waals surface area contributed by atoms with Crippen molar-refractivity contribution in [3.05, 3.63) is 47.9 Å². The third kappa shape index (κ3) is 5.97. The van der Waals surface area contributed by atoms with E-state index in [1.54, 1.807) is 20.5 Å². The predicted octanol–water partition coefficient (Wildman–Crippen LogP) is -0.842. The maximum Gasteiger partial charge on any atom is 0.129 e. The standard InChI is InChI=1S/C21H30N2O5/c1-25-19-5-6-21(26-2)17(12-19)13-22-7-9-23(10-8-22)14-18(24)15-27-16-20-4-3-11-28-20/h3-6,11-12,18,24H,7-10,13-16H2,1-2H3/p+2/t18-/m0/s1. The normalized spacial score (nSPS) is 20.7. The van der Waals surface area contributed by atoms with Crippen molar-refractivity contribution >= 4 is 0 Å². The Bertz CT molecular complexity index is 699. The van der Waals surface area contributed by atoms with Crippen molar-refractivity contribution in [3.8, 4) is 11.5 Å². The minimum atomic E-state index is -0.454. The molecule has 0 spiro atoms. The van der Waals surface area contributed by atoms with E-state index in [2.05, 4.69) is 6.07 Å².